The van der Waals surface area contributed by atoms with Gasteiger partial charge in [0.05, 0.1) is 6.61 Å². The van der Waals surface area contributed by atoms with Crippen molar-refractivity contribution in [3.05, 3.63) is 35.4 Å². The predicted octanol–water partition coefficient (Wildman–Crippen LogP) is 1.32. The summed E-state index contributed by atoms with van der Waals surface area (Å²) in [5, 5.41) is 14.8. The molecule has 20 heavy (non-hydrogen) atoms. The summed E-state index contributed by atoms with van der Waals surface area (Å²) in [6.45, 7) is 8.09. The third-order valence-electron chi connectivity index (χ3n) is 3.34. The molecule has 2 amide bonds. The van der Waals surface area contributed by atoms with Crippen molar-refractivity contribution in [2.45, 2.75) is 27.0 Å². The number of aliphatic hydroxyl groups excluding tert-OH is 1. The fourth-order valence-corrected chi connectivity index (χ4v) is 1.99. The molecule has 0 fully saturated rings. The number of carbonyl (C=O) groups is 1. The lowest BCUT2D eigenvalue weighted by Crippen LogP contribution is -2.40. The first-order chi connectivity index (χ1) is 9.71. The van der Waals surface area contributed by atoms with E-state index in [9.17, 15) is 9.90 Å². The molecule has 0 saturated carbocycles. The van der Waals surface area contributed by atoms with Gasteiger partial charge in [0, 0.05) is 19.6 Å². The van der Waals surface area contributed by atoms with Crippen molar-refractivity contribution in [3.63, 3.8) is 0 Å². The van der Waals surface area contributed by atoms with Crippen LogP contribution in [0.25, 0.3) is 0 Å². The number of benzene rings is 1. The van der Waals surface area contributed by atoms with Crippen LogP contribution in [0.5, 0.6) is 0 Å². The van der Waals surface area contributed by atoms with E-state index in [0.717, 1.165) is 30.8 Å². The van der Waals surface area contributed by atoms with E-state index in [1.165, 1.54) is 0 Å². The molecule has 0 aliphatic heterocycles. The Kier molecular flexibility index (Phi) is 7.69. The number of amides is 2. The van der Waals surface area contributed by atoms with Crippen molar-refractivity contribution in [1.82, 2.24) is 15.5 Å². The van der Waals surface area contributed by atoms with Crippen LogP contribution in [0.4, 0.5) is 4.79 Å². The Labute approximate surface area is 121 Å². The number of nitrogens with one attached hydrogen (secondary N) is 2. The van der Waals surface area contributed by atoms with E-state index in [1.807, 2.05) is 24.3 Å². The molecule has 0 spiro atoms. The third-order valence-corrected chi connectivity index (χ3v) is 3.34. The monoisotopic (exact) mass is 279 g/mol. The normalized spacial score (nSPS) is 10.6. The molecule has 0 aromatic heterocycles. The van der Waals surface area contributed by atoms with Crippen LogP contribution in [0.2, 0.25) is 0 Å². The third kappa shape index (κ3) is 5.59. The molecule has 5 heteroatoms. The molecule has 0 aliphatic rings. The zero-order valence-electron chi connectivity index (χ0n) is 12.4. The quantitative estimate of drug-likeness (QED) is 0.672. The van der Waals surface area contributed by atoms with E-state index in [0.29, 0.717) is 13.1 Å². The molecule has 5 nitrogen and oxygen atoms in total. The first kappa shape index (κ1) is 16.5. The Morgan fingerprint density at radius 3 is 2.40 bits per heavy atom. The van der Waals surface area contributed by atoms with Crippen molar-refractivity contribution in [1.29, 1.82) is 0 Å². The fourth-order valence-electron chi connectivity index (χ4n) is 1.99. The molecule has 0 aliphatic carbocycles. The van der Waals surface area contributed by atoms with Crippen LogP contribution >= 0.6 is 0 Å². The van der Waals surface area contributed by atoms with Crippen LogP contribution in [0, 0.1) is 0 Å². The minimum Gasteiger partial charge on any atom is -0.392 e. The number of rotatable bonds is 8. The number of hydrogen-bond donors (Lipinski definition) is 3. The molecule has 112 valence electrons. The number of aliphatic hydroxyl groups is 1. The van der Waals surface area contributed by atoms with Crippen LogP contribution in [-0.2, 0) is 13.2 Å². The van der Waals surface area contributed by atoms with Gasteiger partial charge in [-0.2, -0.15) is 0 Å². The molecule has 0 radical (unpaired) electrons. The SMILES string of the molecule is CCN(CC)CCNC(=O)NCc1ccccc1CO. The van der Waals surface area contributed by atoms with E-state index in [-0.39, 0.29) is 12.6 Å². The fraction of sp³-hybridized carbons (Fsp3) is 0.533. The Balaban J connectivity index is 2.29. The lowest BCUT2D eigenvalue weighted by atomic mass is 10.1. The van der Waals surface area contributed by atoms with Crippen molar-refractivity contribution in [3.8, 4) is 0 Å². The smallest absolute Gasteiger partial charge is 0.315 e. The Bertz CT molecular complexity index is 406. The van der Waals surface area contributed by atoms with Gasteiger partial charge in [0.25, 0.3) is 0 Å². The summed E-state index contributed by atoms with van der Waals surface area (Å²) in [5.41, 5.74) is 1.78. The number of likely N-dealkylation sites (N-methyl/N-ethyl adjacent to an activating group) is 1. The van der Waals surface area contributed by atoms with Gasteiger partial charge in [0.1, 0.15) is 0 Å². The molecule has 1 aromatic rings. The van der Waals surface area contributed by atoms with Gasteiger partial charge in [0.15, 0.2) is 0 Å². The molecule has 0 bridgehead atoms. The van der Waals surface area contributed by atoms with Crippen LogP contribution in [0.3, 0.4) is 0 Å². The first-order valence-electron chi connectivity index (χ1n) is 7.12. The van der Waals surface area contributed by atoms with E-state index >= 15 is 0 Å². The summed E-state index contributed by atoms with van der Waals surface area (Å²) >= 11 is 0. The minimum atomic E-state index is -0.176. The van der Waals surface area contributed by atoms with Crippen molar-refractivity contribution in [2.24, 2.45) is 0 Å². The highest BCUT2D eigenvalue weighted by molar-refractivity contribution is 5.73. The molecular formula is C15H25N3O2. The van der Waals surface area contributed by atoms with Crippen LogP contribution < -0.4 is 10.6 Å². The van der Waals surface area contributed by atoms with Gasteiger partial charge in [0.2, 0.25) is 0 Å². The number of nitrogens with zero attached hydrogens (tertiary/aromatic N) is 1. The molecule has 0 heterocycles. The maximum Gasteiger partial charge on any atom is 0.315 e. The van der Waals surface area contributed by atoms with E-state index in [2.05, 4.69) is 29.4 Å². The highest BCUT2D eigenvalue weighted by Gasteiger charge is 2.04. The summed E-state index contributed by atoms with van der Waals surface area (Å²) in [6, 6.07) is 7.36. The molecule has 0 atom stereocenters. The van der Waals surface area contributed by atoms with Crippen LogP contribution in [-0.4, -0.2) is 42.2 Å². The standard InChI is InChI=1S/C15H25N3O2/c1-3-18(4-2)10-9-16-15(20)17-11-13-7-5-6-8-14(13)12-19/h5-8,19H,3-4,9-12H2,1-2H3,(H2,16,17,20). The molecule has 0 saturated heterocycles. The zero-order chi connectivity index (χ0) is 14.8. The second-order valence-electron chi connectivity index (χ2n) is 4.56. The Hall–Kier alpha value is -1.59. The van der Waals surface area contributed by atoms with Gasteiger partial charge >= 0.3 is 6.03 Å². The summed E-state index contributed by atoms with van der Waals surface area (Å²) < 4.78 is 0. The lowest BCUT2D eigenvalue weighted by Gasteiger charge is -2.18. The van der Waals surface area contributed by atoms with Crippen molar-refractivity contribution < 1.29 is 9.90 Å². The molecule has 3 N–H and O–H groups in total. The van der Waals surface area contributed by atoms with E-state index in [4.69, 9.17) is 0 Å². The number of urea groups is 1. The Morgan fingerprint density at radius 1 is 1.15 bits per heavy atom. The molecule has 1 rings (SSSR count). The molecule has 1 aromatic carbocycles. The van der Waals surface area contributed by atoms with Crippen LogP contribution in [0.1, 0.15) is 25.0 Å². The van der Waals surface area contributed by atoms with E-state index in [1.54, 1.807) is 0 Å². The number of hydrogen-bond acceptors (Lipinski definition) is 3. The topological polar surface area (TPSA) is 64.6 Å². The average Bonchev–Trinajstić information content (AvgIpc) is 2.49. The maximum absolute atomic E-state index is 11.7. The maximum atomic E-state index is 11.7. The summed E-state index contributed by atoms with van der Waals surface area (Å²) in [5.74, 6) is 0. The van der Waals surface area contributed by atoms with Crippen molar-refractivity contribution >= 4 is 6.03 Å². The van der Waals surface area contributed by atoms with Gasteiger partial charge in [-0.1, -0.05) is 38.1 Å². The van der Waals surface area contributed by atoms with E-state index < -0.39 is 0 Å². The second-order valence-corrected chi connectivity index (χ2v) is 4.56. The van der Waals surface area contributed by atoms with Crippen molar-refractivity contribution in [2.75, 3.05) is 26.2 Å². The average molecular weight is 279 g/mol. The Morgan fingerprint density at radius 2 is 1.80 bits per heavy atom. The van der Waals surface area contributed by atoms with Gasteiger partial charge in [-0.25, -0.2) is 4.79 Å². The largest absolute Gasteiger partial charge is 0.392 e. The zero-order valence-corrected chi connectivity index (χ0v) is 12.4. The van der Waals surface area contributed by atoms with Gasteiger partial charge < -0.3 is 20.6 Å². The second kappa shape index (κ2) is 9.34. The highest BCUT2D eigenvalue weighted by Crippen LogP contribution is 2.07. The predicted molar refractivity (Wildman–Crippen MR) is 80.4 cm³/mol. The van der Waals surface area contributed by atoms with Gasteiger partial charge in [-0.05, 0) is 24.2 Å². The highest BCUT2D eigenvalue weighted by atomic mass is 16.3. The van der Waals surface area contributed by atoms with Gasteiger partial charge in [-0.15, -0.1) is 0 Å². The number of carbonyl (C=O) groups excluding carboxylic acids is 1. The molecular weight excluding hydrogens is 254 g/mol. The minimum absolute atomic E-state index is 0.0125. The summed E-state index contributed by atoms with van der Waals surface area (Å²) in [4.78, 5) is 13.9. The summed E-state index contributed by atoms with van der Waals surface area (Å²) in [7, 11) is 0. The first-order valence-corrected chi connectivity index (χ1v) is 7.12. The van der Waals surface area contributed by atoms with Gasteiger partial charge in [-0.3, -0.25) is 0 Å². The lowest BCUT2D eigenvalue weighted by molar-refractivity contribution is 0.236. The summed E-state index contributed by atoms with van der Waals surface area (Å²) in [6.07, 6.45) is 0. The van der Waals surface area contributed by atoms with Crippen LogP contribution in [0.15, 0.2) is 24.3 Å². The molecule has 0 unspecified atom stereocenters.